The Morgan fingerprint density at radius 3 is 2.50 bits per heavy atom. The highest BCUT2D eigenvalue weighted by Crippen LogP contribution is 2.40. The number of carboxylic acid groups (broad SMARTS) is 1. The minimum Gasteiger partial charge on any atom is -0.478 e. The van der Waals surface area contributed by atoms with Gasteiger partial charge in [-0.1, -0.05) is 12.8 Å². The lowest BCUT2D eigenvalue weighted by atomic mass is 9.83. The molecule has 3 rings (SSSR count). The Balaban J connectivity index is 1.66. The molecule has 150 valence electrons. The van der Waals surface area contributed by atoms with E-state index in [1.54, 1.807) is 43.0 Å². The number of rotatable bonds is 8. The Bertz CT molecular complexity index is 836. The molecule has 2 aromatic rings. The van der Waals surface area contributed by atoms with E-state index in [4.69, 9.17) is 9.84 Å². The summed E-state index contributed by atoms with van der Waals surface area (Å²) in [5.74, 6) is -1.10. The Morgan fingerprint density at radius 1 is 1.25 bits per heavy atom. The third kappa shape index (κ3) is 4.25. The second-order valence-electron chi connectivity index (χ2n) is 7.54. The number of benzene rings is 1. The molecule has 28 heavy (non-hydrogen) atoms. The third-order valence-corrected chi connectivity index (χ3v) is 5.74. The number of nitrogens with one attached hydrogen (secondary N) is 1. The Morgan fingerprint density at radius 2 is 1.93 bits per heavy atom. The van der Waals surface area contributed by atoms with E-state index in [0.29, 0.717) is 30.1 Å². The second-order valence-corrected chi connectivity index (χ2v) is 7.54. The van der Waals surface area contributed by atoms with Gasteiger partial charge < -0.3 is 15.2 Å². The molecule has 1 saturated carbocycles. The van der Waals surface area contributed by atoms with Gasteiger partial charge in [-0.2, -0.15) is 5.10 Å². The molecule has 1 amide bonds. The van der Waals surface area contributed by atoms with Gasteiger partial charge in [0.1, 0.15) is 5.56 Å². The summed E-state index contributed by atoms with van der Waals surface area (Å²) in [6.45, 7) is 3.08. The van der Waals surface area contributed by atoms with Crippen LogP contribution < -0.4 is 5.32 Å². The van der Waals surface area contributed by atoms with Crippen LogP contribution in [0.3, 0.4) is 0 Å². The molecular formula is C21H27N3O4. The highest BCUT2D eigenvalue weighted by Gasteiger charge is 2.33. The smallest absolute Gasteiger partial charge is 0.339 e. The fourth-order valence-electron chi connectivity index (χ4n) is 3.96. The summed E-state index contributed by atoms with van der Waals surface area (Å²) in [4.78, 5) is 23.8. The van der Waals surface area contributed by atoms with Crippen molar-refractivity contribution in [2.75, 3.05) is 20.3 Å². The van der Waals surface area contributed by atoms with E-state index in [1.807, 2.05) is 0 Å². The summed E-state index contributed by atoms with van der Waals surface area (Å²) in [5.41, 5.74) is 2.15. The second kappa shape index (κ2) is 8.56. The first-order chi connectivity index (χ1) is 13.5. The molecule has 0 radical (unpaired) electrons. The SMILES string of the molecule is COCCC1(CNC(=O)c2ccc(-n3ncc(C(=O)O)c3C)cc2)CCCC1. The molecule has 0 atom stereocenters. The molecule has 1 aromatic heterocycles. The largest absolute Gasteiger partial charge is 0.478 e. The van der Waals surface area contributed by atoms with Gasteiger partial charge in [-0.3, -0.25) is 4.79 Å². The minimum atomic E-state index is -1.01. The molecule has 1 fully saturated rings. The van der Waals surface area contributed by atoms with E-state index in [0.717, 1.165) is 19.3 Å². The van der Waals surface area contributed by atoms with Crippen molar-refractivity contribution < 1.29 is 19.4 Å². The molecule has 7 heteroatoms. The van der Waals surface area contributed by atoms with Crippen LogP contribution in [0.25, 0.3) is 5.69 Å². The average molecular weight is 385 g/mol. The molecule has 2 N–H and O–H groups in total. The first-order valence-electron chi connectivity index (χ1n) is 9.61. The Kier molecular flexibility index (Phi) is 6.14. The molecule has 1 aromatic carbocycles. The summed E-state index contributed by atoms with van der Waals surface area (Å²) in [6.07, 6.45) is 6.96. The van der Waals surface area contributed by atoms with E-state index in [-0.39, 0.29) is 16.9 Å². The lowest BCUT2D eigenvalue weighted by molar-refractivity contribution is 0.0695. The van der Waals surface area contributed by atoms with E-state index in [9.17, 15) is 9.59 Å². The van der Waals surface area contributed by atoms with Crippen LogP contribution in [-0.4, -0.2) is 47.0 Å². The summed E-state index contributed by atoms with van der Waals surface area (Å²) < 4.78 is 6.80. The van der Waals surface area contributed by atoms with Gasteiger partial charge >= 0.3 is 5.97 Å². The van der Waals surface area contributed by atoms with Gasteiger partial charge in [-0.15, -0.1) is 0 Å². The quantitative estimate of drug-likeness (QED) is 0.728. The number of carbonyl (C=O) groups excluding carboxylic acids is 1. The number of carboxylic acids is 1. The van der Waals surface area contributed by atoms with Gasteiger partial charge in [0.25, 0.3) is 5.91 Å². The predicted octanol–water partition coefficient (Wildman–Crippen LogP) is 3.21. The third-order valence-electron chi connectivity index (χ3n) is 5.74. The molecule has 7 nitrogen and oxygen atoms in total. The number of amides is 1. The van der Waals surface area contributed by atoms with Gasteiger partial charge in [0, 0.05) is 25.8 Å². The van der Waals surface area contributed by atoms with Gasteiger partial charge in [0.15, 0.2) is 0 Å². The fraction of sp³-hybridized carbons (Fsp3) is 0.476. The number of ether oxygens (including phenoxy) is 1. The average Bonchev–Trinajstić information content (AvgIpc) is 3.32. The van der Waals surface area contributed by atoms with Crippen LogP contribution in [0.1, 0.15) is 58.5 Å². The van der Waals surface area contributed by atoms with Crippen LogP contribution in [0, 0.1) is 12.3 Å². The summed E-state index contributed by atoms with van der Waals surface area (Å²) >= 11 is 0. The molecule has 1 aliphatic carbocycles. The zero-order chi connectivity index (χ0) is 20.1. The van der Waals surface area contributed by atoms with Crippen molar-refractivity contribution in [1.29, 1.82) is 0 Å². The van der Waals surface area contributed by atoms with Crippen molar-refractivity contribution in [2.24, 2.45) is 5.41 Å². The molecule has 0 saturated heterocycles. The molecule has 0 bridgehead atoms. The van der Waals surface area contributed by atoms with Crippen molar-refractivity contribution >= 4 is 11.9 Å². The summed E-state index contributed by atoms with van der Waals surface area (Å²) in [7, 11) is 1.71. The van der Waals surface area contributed by atoms with E-state index < -0.39 is 5.97 Å². The van der Waals surface area contributed by atoms with Crippen molar-refractivity contribution in [3.8, 4) is 5.69 Å². The molecule has 0 aliphatic heterocycles. The zero-order valence-corrected chi connectivity index (χ0v) is 16.4. The maximum absolute atomic E-state index is 12.6. The number of aromatic nitrogens is 2. The Labute approximate surface area is 164 Å². The summed E-state index contributed by atoms with van der Waals surface area (Å²) in [5, 5.41) is 16.4. The van der Waals surface area contributed by atoms with Crippen LogP contribution >= 0.6 is 0 Å². The maximum Gasteiger partial charge on any atom is 0.339 e. The number of carbonyl (C=O) groups is 2. The topological polar surface area (TPSA) is 93.5 Å². The number of methoxy groups -OCH3 is 1. The number of nitrogens with zero attached hydrogens (tertiary/aromatic N) is 2. The van der Waals surface area contributed by atoms with Gasteiger partial charge in [0.05, 0.1) is 17.6 Å². The number of aromatic carboxylic acids is 1. The van der Waals surface area contributed by atoms with Crippen molar-refractivity contribution in [2.45, 2.75) is 39.0 Å². The predicted molar refractivity (Wildman–Crippen MR) is 105 cm³/mol. The lowest BCUT2D eigenvalue weighted by Crippen LogP contribution is -2.36. The van der Waals surface area contributed by atoms with Gasteiger partial charge in [0.2, 0.25) is 0 Å². The fourth-order valence-corrected chi connectivity index (χ4v) is 3.96. The minimum absolute atomic E-state index is 0.0985. The van der Waals surface area contributed by atoms with Gasteiger partial charge in [-0.05, 0) is 55.9 Å². The highest BCUT2D eigenvalue weighted by atomic mass is 16.5. The molecule has 0 unspecified atom stereocenters. The van der Waals surface area contributed by atoms with Crippen molar-refractivity contribution in [3.05, 3.63) is 47.3 Å². The van der Waals surface area contributed by atoms with E-state index in [1.165, 1.54) is 19.0 Å². The molecular weight excluding hydrogens is 358 g/mol. The standard InChI is InChI=1S/C21H27N3O4/c1-15-18(20(26)27)13-23-24(15)17-7-5-16(6-8-17)19(25)22-14-21(11-12-28-2)9-3-4-10-21/h5-8,13H,3-4,9-12,14H2,1-2H3,(H,22,25)(H,26,27). The van der Waals surface area contributed by atoms with Crippen molar-refractivity contribution in [3.63, 3.8) is 0 Å². The maximum atomic E-state index is 12.6. The monoisotopic (exact) mass is 385 g/mol. The van der Waals surface area contributed by atoms with Crippen LogP contribution in [0.2, 0.25) is 0 Å². The summed E-state index contributed by atoms with van der Waals surface area (Å²) in [6, 6.07) is 7.03. The first-order valence-corrected chi connectivity index (χ1v) is 9.61. The van der Waals surface area contributed by atoms with E-state index >= 15 is 0 Å². The molecule has 1 heterocycles. The number of hydrogen-bond acceptors (Lipinski definition) is 4. The van der Waals surface area contributed by atoms with Crippen LogP contribution in [0.4, 0.5) is 0 Å². The van der Waals surface area contributed by atoms with Crippen LogP contribution in [0.15, 0.2) is 30.5 Å². The van der Waals surface area contributed by atoms with Crippen LogP contribution in [-0.2, 0) is 4.74 Å². The molecule has 1 aliphatic rings. The van der Waals surface area contributed by atoms with Crippen LogP contribution in [0.5, 0.6) is 0 Å². The zero-order valence-electron chi connectivity index (χ0n) is 16.4. The van der Waals surface area contributed by atoms with Gasteiger partial charge in [-0.25, -0.2) is 9.48 Å². The van der Waals surface area contributed by atoms with Crippen molar-refractivity contribution in [1.82, 2.24) is 15.1 Å². The first kappa shape index (κ1) is 20.1. The molecule has 0 spiro atoms. The lowest BCUT2D eigenvalue weighted by Gasteiger charge is -2.29. The van der Waals surface area contributed by atoms with E-state index in [2.05, 4.69) is 10.4 Å². The Hall–Kier alpha value is -2.67. The number of hydrogen-bond donors (Lipinski definition) is 2. The normalized spacial score (nSPS) is 15.5. The highest BCUT2D eigenvalue weighted by molar-refractivity contribution is 5.94.